The van der Waals surface area contributed by atoms with Gasteiger partial charge in [0, 0.05) is 29.5 Å². The lowest BCUT2D eigenvalue weighted by atomic mass is 10.1. The number of likely N-dealkylation sites (N-methyl/N-ethyl adjacent to an activating group) is 1. The van der Waals surface area contributed by atoms with E-state index in [2.05, 4.69) is 22.9 Å². The SMILES string of the molecule is C=C(CN(N)N1c2cc(-c3ccc(Cl)cc3)cnc21)NC. The molecule has 3 N–H and O–H groups in total. The Balaban J connectivity index is 1.77. The van der Waals surface area contributed by atoms with E-state index >= 15 is 0 Å². The molecule has 0 aliphatic carbocycles. The molecule has 1 aliphatic heterocycles. The monoisotopic (exact) mass is 301 g/mol. The Hall–Kier alpha value is -2.08. The molecular weight excluding hydrogens is 286 g/mol. The van der Waals surface area contributed by atoms with Crippen molar-refractivity contribution in [3.8, 4) is 11.1 Å². The highest BCUT2D eigenvalue weighted by molar-refractivity contribution is 6.30. The van der Waals surface area contributed by atoms with Crippen molar-refractivity contribution in [1.29, 1.82) is 0 Å². The second-order valence-corrected chi connectivity index (χ2v) is 5.27. The number of nitrogens with two attached hydrogens (primary N) is 1. The van der Waals surface area contributed by atoms with E-state index in [9.17, 15) is 0 Å². The summed E-state index contributed by atoms with van der Waals surface area (Å²) in [6.07, 6.45) is 1.84. The van der Waals surface area contributed by atoms with Gasteiger partial charge in [-0.3, -0.25) is 0 Å². The summed E-state index contributed by atoms with van der Waals surface area (Å²) in [5, 5.41) is 7.14. The fourth-order valence-electron chi connectivity index (χ4n) is 2.13. The number of anilines is 2. The molecule has 1 aromatic carbocycles. The number of hydrogen-bond donors (Lipinski definition) is 2. The molecule has 2 aromatic rings. The number of nitrogens with zero attached hydrogens (tertiary/aromatic N) is 3. The van der Waals surface area contributed by atoms with Gasteiger partial charge in [-0.25, -0.2) is 15.8 Å². The fourth-order valence-corrected chi connectivity index (χ4v) is 2.25. The highest BCUT2D eigenvalue weighted by atomic mass is 35.5. The number of fused-ring (bicyclic) bond motifs is 1. The maximum Gasteiger partial charge on any atom is 0.174 e. The molecule has 0 amide bonds. The zero-order valence-corrected chi connectivity index (χ0v) is 12.4. The topological polar surface area (TPSA) is 57.2 Å². The maximum absolute atomic E-state index is 6.02. The molecule has 1 aliphatic rings. The van der Waals surface area contributed by atoms with Gasteiger partial charge in [0.15, 0.2) is 5.82 Å². The molecule has 0 fully saturated rings. The van der Waals surface area contributed by atoms with Crippen LogP contribution >= 0.6 is 11.6 Å². The van der Waals surface area contributed by atoms with Gasteiger partial charge in [-0.1, -0.05) is 30.3 Å². The fraction of sp³-hybridized carbons (Fsp3) is 0.133. The average Bonchev–Trinajstić information content (AvgIpc) is 3.21. The van der Waals surface area contributed by atoms with Crippen LogP contribution in [0.25, 0.3) is 11.1 Å². The predicted molar refractivity (Wildman–Crippen MR) is 85.9 cm³/mol. The summed E-state index contributed by atoms with van der Waals surface area (Å²) >= 11 is 5.91. The molecule has 108 valence electrons. The van der Waals surface area contributed by atoms with Crippen LogP contribution in [-0.2, 0) is 0 Å². The Labute approximate surface area is 128 Å². The summed E-state index contributed by atoms with van der Waals surface area (Å²) in [4.78, 5) is 4.43. The van der Waals surface area contributed by atoms with Crippen molar-refractivity contribution in [2.45, 2.75) is 0 Å². The van der Waals surface area contributed by atoms with Gasteiger partial charge >= 0.3 is 0 Å². The lowest BCUT2D eigenvalue weighted by Gasteiger charge is -2.18. The van der Waals surface area contributed by atoms with Crippen molar-refractivity contribution in [3.05, 3.63) is 53.8 Å². The van der Waals surface area contributed by atoms with E-state index in [-0.39, 0.29) is 0 Å². The molecule has 0 saturated carbocycles. The average molecular weight is 302 g/mol. The van der Waals surface area contributed by atoms with E-state index in [1.807, 2.05) is 42.5 Å². The highest BCUT2D eigenvalue weighted by Gasteiger charge is 2.35. The zero-order chi connectivity index (χ0) is 15.0. The predicted octanol–water partition coefficient (Wildman–Crippen LogP) is 2.68. The van der Waals surface area contributed by atoms with Crippen molar-refractivity contribution in [2.75, 3.05) is 18.6 Å². The molecule has 0 unspecified atom stereocenters. The minimum atomic E-state index is 0.517. The van der Waals surface area contributed by atoms with Crippen LogP contribution in [0.3, 0.4) is 0 Å². The van der Waals surface area contributed by atoms with E-state index in [0.29, 0.717) is 6.54 Å². The van der Waals surface area contributed by atoms with E-state index in [1.54, 1.807) is 5.12 Å². The lowest BCUT2D eigenvalue weighted by molar-refractivity contribution is 0.328. The smallest absolute Gasteiger partial charge is 0.174 e. The molecule has 0 atom stereocenters. The van der Waals surface area contributed by atoms with Crippen LogP contribution in [0.2, 0.25) is 5.02 Å². The van der Waals surface area contributed by atoms with E-state index < -0.39 is 0 Å². The quantitative estimate of drug-likeness (QED) is 0.505. The molecule has 3 rings (SSSR count). The Morgan fingerprint density at radius 2 is 2.10 bits per heavy atom. The maximum atomic E-state index is 6.02. The van der Waals surface area contributed by atoms with Crippen LogP contribution in [0, 0.1) is 0 Å². The van der Waals surface area contributed by atoms with Gasteiger partial charge in [-0.2, -0.15) is 0 Å². The summed E-state index contributed by atoms with van der Waals surface area (Å²) in [7, 11) is 1.82. The third-order valence-corrected chi connectivity index (χ3v) is 3.62. The molecule has 21 heavy (non-hydrogen) atoms. The van der Waals surface area contributed by atoms with Crippen LogP contribution in [-0.4, -0.2) is 23.7 Å². The first kappa shape index (κ1) is 13.9. The Morgan fingerprint density at radius 1 is 1.38 bits per heavy atom. The van der Waals surface area contributed by atoms with Crippen molar-refractivity contribution in [3.63, 3.8) is 0 Å². The van der Waals surface area contributed by atoms with Gasteiger partial charge in [0.1, 0.15) is 5.69 Å². The molecule has 6 heteroatoms. The van der Waals surface area contributed by atoms with Crippen molar-refractivity contribution in [2.24, 2.45) is 5.84 Å². The zero-order valence-electron chi connectivity index (χ0n) is 11.7. The van der Waals surface area contributed by atoms with Gasteiger partial charge < -0.3 is 5.32 Å². The number of benzene rings is 1. The number of pyridine rings is 1. The molecular formula is C15H16ClN5. The minimum Gasteiger partial charge on any atom is -0.391 e. The van der Waals surface area contributed by atoms with Gasteiger partial charge in [0.25, 0.3) is 0 Å². The first-order valence-electron chi connectivity index (χ1n) is 6.54. The van der Waals surface area contributed by atoms with Crippen molar-refractivity contribution in [1.82, 2.24) is 15.4 Å². The van der Waals surface area contributed by atoms with Crippen LogP contribution in [0.15, 0.2) is 48.8 Å². The summed E-state index contributed by atoms with van der Waals surface area (Å²) in [6, 6.07) is 9.75. The van der Waals surface area contributed by atoms with E-state index in [1.165, 1.54) is 0 Å². The van der Waals surface area contributed by atoms with Crippen LogP contribution in [0.4, 0.5) is 11.5 Å². The summed E-state index contributed by atoms with van der Waals surface area (Å²) in [5.41, 5.74) is 3.96. The first-order chi connectivity index (χ1) is 10.1. The van der Waals surface area contributed by atoms with Crippen molar-refractivity contribution < 1.29 is 0 Å². The standard InChI is InChI=1S/C15H16ClN5/c1-10(18-2)9-20(17)21-14-7-12(8-19-15(14)21)11-3-5-13(16)6-4-11/h3-8,18H,1,9,17H2,2H3. The van der Waals surface area contributed by atoms with Crippen LogP contribution in [0.1, 0.15) is 0 Å². The molecule has 0 spiro atoms. The van der Waals surface area contributed by atoms with Gasteiger partial charge in [0.05, 0.1) is 6.54 Å². The largest absolute Gasteiger partial charge is 0.391 e. The van der Waals surface area contributed by atoms with Gasteiger partial charge in [0.2, 0.25) is 0 Å². The second kappa shape index (κ2) is 5.37. The third-order valence-electron chi connectivity index (χ3n) is 3.37. The Kier molecular flexibility index (Phi) is 3.55. The number of nitrogens with one attached hydrogen (secondary N) is 1. The number of hydrazine groups is 2. The van der Waals surface area contributed by atoms with E-state index in [4.69, 9.17) is 17.4 Å². The summed E-state index contributed by atoms with van der Waals surface area (Å²) in [5.74, 6) is 6.89. The molecule has 0 radical (unpaired) electrons. The number of rotatable bonds is 5. The Morgan fingerprint density at radius 3 is 2.76 bits per heavy atom. The van der Waals surface area contributed by atoms with Crippen molar-refractivity contribution >= 4 is 23.1 Å². The number of aromatic nitrogens is 1. The summed E-state index contributed by atoms with van der Waals surface area (Å²) < 4.78 is 0. The van der Waals surface area contributed by atoms with E-state index in [0.717, 1.165) is 33.4 Å². The van der Waals surface area contributed by atoms with Crippen LogP contribution in [0.5, 0.6) is 0 Å². The molecule has 0 bridgehead atoms. The first-order valence-corrected chi connectivity index (χ1v) is 6.91. The summed E-state index contributed by atoms with van der Waals surface area (Å²) in [6.45, 7) is 4.38. The van der Waals surface area contributed by atoms with Crippen LogP contribution < -0.4 is 16.2 Å². The number of halogens is 1. The Bertz CT molecular complexity index is 683. The van der Waals surface area contributed by atoms with Gasteiger partial charge in [-0.15, -0.1) is 5.12 Å². The third kappa shape index (κ3) is 2.71. The van der Waals surface area contributed by atoms with Gasteiger partial charge in [-0.05, 0) is 23.8 Å². The second-order valence-electron chi connectivity index (χ2n) is 4.84. The molecule has 5 nitrogen and oxygen atoms in total. The lowest BCUT2D eigenvalue weighted by Crippen LogP contribution is -2.41. The number of hydrogen-bond acceptors (Lipinski definition) is 5. The molecule has 0 saturated heterocycles. The highest BCUT2D eigenvalue weighted by Crippen LogP contribution is 2.47. The molecule has 2 heterocycles. The minimum absolute atomic E-state index is 0.517. The normalized spacial score (nSPS) is 12.3. The molecule has 1 aromatic heterocycles.